The Labute approximate surface area is 60.8 Å². The van der Waals surface area contributed by atoms with Crippen LogP contribution < -0.4 is 5.32 Å². The maximum absolute atomic E-state index is 12.2. The topological polar surface area (TPSA) is 29.1 Å². The van der Waals surface area contributed by atoms with Crippen LogP contribution in [0.1, 0.15) is 6.42 Å². The fourth-order valence-corrected chi connectivity index (χ4v) is 1.70. The van der Waals surface area contributed by atoms with Gasteiger partial charge in [0.2, 0.25) is 5.91 Å². The summed E-state index contributed by atoms with van der Waals surface area (Å²) in [6, 6.07) is 0. The van der Waals surface area contributed by atoms with Crippen molar-refractivity contribution in [3.8, 4) is 0 Å². The van der Waals surface area contributed by atoms with Crippen LogP contribution in [0.4, 0.5) is 13.2 Å². The molecule has 62 valence electrons. The van der Waals surface area contributed by atoms with E-state index < -0.39 is 23.4 Å². The lowest BCUT2D eigenvalue weighted by Gasteiger charge is -2.13. The van der Waals surface area contributed by atoms with E-state index in [0.29, 0.717) is 0 Å². The van der Waals surface area contributed by atoms with Crippen LogP contribution in [0.5, 0.6) is 0 Å². The first kappa shape index (κ1) is 6.94. The molecule has 0 aromatic carbocycles. The standard InChI is InChI=1S/C6H6F3NO/c7-6(8,9)5-1-3(5)2-10-4(5)11/h3H,1-2H2,(H,10,11)/t3-,5+/m0/s1. The number of alkyl halides is 3. The zero-order valence-corrected chi connectivity index (χ0v) is 5.53. The molecule has 0 unspecified atom stereocenters. The van der Waals surface area contributed by atoms with Crippen LogP contribution in [0.15, 0.2) is 0 Å². The molecular formula is C6H6F3NO. The van der Waals surface area contributed by atoms with Crippen LogP contribution in [0.2, 0.25) is 0 Å². The van der Waals surface area contributed by atoms with Crippen LogP contribution in [-0.2, 0) is 4.79 Å². The van der Waals surface area contributed by atoms with Crippen molar-refractivity contribution in [2.45, 2.75) is 12.6 Å². The third-order valence-electron chi connectivity index (χ3n) is 2.53. The third-order valence-corrected chi connectivity index (χ3v) is 2.53. The van der Waals surface area contributed by atoms with Crippen LogP contribution >= 0.6 is 0 Å². The van der Waals surface area contributed by atoms with E-state index in [1.54, 1.807) is 0 Å². The monoisotopic (exact) mass is 165 g/mol. The van der Waals surface area contributed by atoms with Gasteiger partial charge in [-0.3, -0.25) is 4.79 Å². The Morgan fingerprint density at radius 2 is 2.18 bits per heavy atom. The zero-order valence-electron chi connectivity index (χ0n) is 5.53. The predicted octanol–water partition coefficient (Wildman–Crippen LogP) is 0.685. The summed E-state index contributed by atoms with van der Waals surface area (Å²) in [7, 11) is 0. The van der Waals surface area contributed by atoms with Gasteiger partial charge in [0.1, 0.15) is 5.41 Å². The van der Waals surface area contributed by atoms with Crippen molar-refractivity contribution in [3.05, 3.63) is 0 Å². The smallest absolute Gasteiger partial charge is 0.355 e. The van der Waals surface area contributed by atoms with Crippen molar-refractivity contribution in [2.75, 3.05) is 6.54 Å². The lowest BCUT2D eigenvalue weighted by Crippen LogP contribution is -2.36. The molecule has 1 aliphatic heterocycles. The Bertz CT molecular complexity index is 224. The van der Waals surface area contributed by atoms with Crippen LogP contribution in [0, 0.1) is 11.3 Å². The van der Waals surface area contributed by atoms with Gasteiger partial charge in [-0.15, -0.1) is 0 Å². The number of piperidine rings is 1. The summed E-state index contributed by atoms with van der Waals surface area (Å²) >= 11 is 0. The molecule has 11 heavy (non-hydrogen) atoms. The summed E-state index contributed by atoms with van der Waals surface area (Å²) in [4.78, 5) is 10.8. The van der Waals surface area contributed by atoms with Gasteiger partial charge in [0.15, 0.2) is 0 Å². The maximum Gasteiger partial charge on any atom is 0.403 e. The van der Waals surface area contributed by atoms with Crippen molar-refractivity contribution in [2.24, 2.45) is 11.3 Å². The number of nitrogens with one attached hydrogen (secondary N) is 1. The Hall–Kier alpha value is -0.740. The average molecular weight is 165 g/mol. The summed E-state index contributed by atoms with van der Waals surface area (Å²) in [5, 5.41) is 2.21. The second-order valence-electron chi connectivity index (χ2n) is 3.08. The van der Waals surface area contributed by atoms with E-state index >= 15 is 0 Å². The molecule has 0 aromatic heterocycles. The summed E-state index contributed by atoms with van der Waals surface area (Å²) in [5.74, 6) is -1.33. The number of fused-ring (bicyclic) bond motifs is 1. The molecule has 1 N–H and O–H groups in total. The Balaban J connectivity index is 2.32. The maximum atomic E-state index is 12.2. The van der Waals surface area contributed by atoms with E-state index in [4.69, 9.17) is 0 Å². The van der Waals surface area contributed by atoms with Gasteiger partial charge in [-0.1, -0.05) is 0 Å². The lowest BCUT2D eigenvalue weighted by atomic mass is 10.1. The van der Waals surface area contributed by atoms with Crippen molar-refractivity contribution < 1.29 is 18.0 Å². The Kier molecular flexibility index (Phi) is 0.971. The minimum absolute atomic E-state index is 0.0116. The number of carbonyl (C=O) groups excluding carboxylic acids is 1. The van der Waals surface area contributed by atoms with Crippen LogP contribution in [0.3, 0.4) is 0 Å². The van der Waals surface area contributed by atoms with Gasteiger partial charge in [-0.05, 0) is 6.42 Å². The molecule has 0 bridgehead atoms. The minimum Gasteiger partial charge on any atom is -0.355 e. The summed E-state index contributed by atoms with van der Waals surface area (Å²) in [6.07, 6.45) is -4.36. The van der Waals surface area contributed by atoms with Crippen molar-refractivity contribution in [1.29, 1.82) is 0 Å². The number of rotatable bonds is 0. The fraction of sp³-hybridized carbons (Fsp3) is 0.833. The molecule has 0 aromatic rings. The SMILES string of the molecule is O=C1NC[C@@H]2C[C@]12C(F)(F)F. The predicted molar refractivity (Wildman–Crippen MR) is 29.6 cm³/mol. The highest BCUT2D eigenvalue weighted by molar-refractivity contribution is 5.89. The molecule has 1 aliphatic carbocycles. The second kappa shape index (κ2) is 1.54. The van der Waals surface area contributed by atoms with Crippen LogP contribution in [0.25, 0.3) is 0 Å². The molecule has 2 rings (SSSR count). The molecule has 0 radical (unpaired) electrons. The molecule has 0 spiro atoms. The fourth-order valence-electron chi connectivity index (χ4n) is 1.70. The zero-order chi connectivity index (χ0) is 8.28. The highest BCUT2D eigenvalue weighted by Gasteiger charge is 2.77. The lowest BCUT2D eigenvalue weighted by molar-refractivity contribution is -0.191. The minimum atomic E-state index is -4.35. The molecular weight excluding hydrogens is 159 g/mol. The molecule has 1 saturated carbocycles. The summed E-state index contributed by atoms with van der Waals surface area (Å²) in [5.41, 5.74) is -1.99. The number of hydrogen-bond acceptors (Lipinski definition) is 1. The molecule has 2 nitrogen and oxygen atoms in total. The number of carbonyl (C=O) groups is 1. The first-order valence-electron chi connectivity index (χ1n) is 3.33. The van der Waals surface area contributed by atoms with Gasteiger partial charge in [0.05, 0.1) is 0 Å². The normalized spacial score (nSPS) is 41.7. The molecule has 2 fully saturated rings. The van der Waals surface area contributed by atoms with E-state index in [9.17, 15) is 18.0 Å². The molecule has 2 atom stereocenters. The third kappa shape index (κ3) is 0.611. The number of hydrogen-bond donors (Lipinski definition) is 1. The molecule has 1 amide bonds. The highest BCUT2D eigenvalue weighted by atomic mass is 19.4. The van der Waals surface area contributed by atoms with Crippen molar-refractivity contribution in [1.82, 2.24) is 5.32 Å². The molecule has 1 saturated heterocycles. The van der Waals surface area contributed by atoms with E-state index in [1.807, 2.05) is 0 Å². The molecule has 1 heterocycles. The Morgan fingerprint density at radius 3 is 2.36 bits per heavy atom. The number of amides is 1. The largest absolute Gasteiger partial charge is 0.403 e. The highest BCUT2D eigenvalue weighted by Crippen LogP contribution is 2.64. The average Bonchev–Trinajstić information content (AvgIpc) is 2.50. The van der Waals surface area contributed by atoms with Gasteiger partial charge < -0.3 is 5.32 Å². The van der Waals surface area contributed by atoms with Gasteiger partial charge in [-0.2, -0.15) is 13.2 Å². The van der Waals surface area contributed by atoms with Gasteiger partial charge in [-0.25, -0.2) is 0 Å². The quantitative estimate of drug-likeness (QED) is 0.562. The van der Waals surface area contributed by atoms with Gasteiger partial charge in [0.25, 0.3) is 0 Å². The second-order valence-corrected chi connectivity index (χ2v) is 3.08. The van der Waals surface area contributed by atoms with Crippen molar-refractivity contribution >= 4 is 5.91 Å². The van der Waals surface area contributed by atoms with Crippen molar-refractivity contribution in [3.63, 3.8) is 0 Å². The van der Waals surface area contributed by atoms with Gasteiger partial charge >= 0.3 is 6.18 Å². The van der Waals surface area contributed by atoms with E-state index in [2.05, 4.69) is 5.32 Å². The summed E-state index contributed by atoms with van der Waals surface area (Å²) in [6.45, 7) is 0.193. The molecule has 5 heteroatoms. The first-order valence-corrected chi connectivity index (χ1v) is 3.33. The van der Waals surface area contributed by atoms with Crippen LogP contribution in [-0.4, -0.2) is 18.6 Å². The summed E-state index contributed by atoms with van der Waals surface area (Å²) < 4.78 is 36.5. The Morgan fingerprint density at radius 1 is 1.55 bits per heavy atom. The first-order chi connectivity index (χ1) is 4.98. The van der Waals surface area contributed by atoms with E-state index in [-0.39, 0.29) is 13.0 Å². The number of halogens is 3. The van der Waals surface area contributed by atoms with E-state index in [1.165, 1.54) is 0 Å². The van der Waals surface area contributed by atoms with Gasteiger partial charge in [0, 0.05) is 12.5 Å². The van der Waals surface area contributed by atoms with E-state index in [0.717, 1.165) is 0 Å². The molecule has 2 aliphatic rings.